The lowest BCUT2D eigenvalue weighted by atomic mass is 9.91. The third kappa shape index (κ3) is 3.23. The highest BCUT2D eigenvalue weighted by Gasteiger charge is 2.60. The van der Waals surface area contributed by atoms with Crippen LogP contribution in [-0.4, -0.2) is 51.4 Å². The van der Waals surface area contributed by atoms with Gasteiger partial charge in [0.25, 0.3) is 5.91 Å². The smallest absolute Gasteiger partial charge is 0.261 e. The molecule has 8 heteroatoms. The maximum absolute atomic E-state index is 13.3. The summed E-state index contributed by atoms with van der Waals surface area (Å²) in [5.74, 6) is -1.50. The first-order valence-electron chi connectivity index (χ1n) is 9.56. The zero-order chi connectivity index (χ0) is 19.0. The maximum Gasteiger partial charge on any atom is 0.261 e. The fourth-order valence-corrected chi connectivity index (χ4v) is 4.53. The van der Waals surface area contributed by atoms with Crippen LogP contribution < -0.4 is 5.73 Å². The lowest BCUT2D eigenvalue weighted by Crippen LogP contribution is -2.44. The predicted molar refractivity (Wildman–Crippen MR) is 94.6 cm³/mol. The second-order valence-corrected chi connectivity index (χ2v) is 7.48. The highest BCUT2D eigenvalue weighted by molar-refractivity contribution is 6.07. The van der Waals surface area contributed by atoms with Gasteiger partial charge in [0, 0.05) is 31.4 Å². The molecule has 1 saturated carbocycles. The Kier molecular flexibility index (Phi) is 4.92. The van der Waals surface area contributed by atoms with Crippen molar-refractivity contribution in [3.8, 4) is 0 Å². The van der Waals surface area contributed by atoms with Crippen LogP contribution in [0.3, 0.4) is 0 Å². The standard InChI is InChI=1S/C19H24N4O4/c20-14(24)8-10-22-16(12-5-4-9-21-11-12)15-17(27-22)19(26)23(18(15)25)13-6-2-1-3-7-13/h4-5,9,11,13,15-17H,1-3,6-8,10H2,(H2,20,24). The zero-order valence-electron chi connectivity index (χ0n) is 15.1. The van der Waals surface area contributed by atoms with Gasteiger partial charge in [0.2, 0.25) is 11.8 Å². The first-order valence-corrected chi connectivity index (χ1v) is 9.56. The molecule has 2 aliphatic heterocycles. The number of carbonyl (C=O) groups is 3. The molecule has 1 aromatic rings. The molecule has 3 atom stereocenters. The number of hydrogen-bond donors (Lipinski definition) is 1. The van der Waals surface area contributed by atoms with Crippen molar-refractivity contribution in [1.82, 2.24) is 14.9 Å². The summed E-state index contributed by atoms with van der Waals surface area (Å²) in [5, 5.41) is 1.56. The van der Waals surface area contributed by atoms with Gasteiger partial charge in [-0.25, -0.2) is 0 Å². The van der Waals surface area contributed by atoms with Gasteiger partial charge in [0.05, 0.1) is 12.0 Å². The van der Waals surface area contributed by atoms with E-state index in [2.05, 4.69) is 4.98 Å². The molecule has 1 aromatic heterocycles. The van der Waals surface area contributed by atoms with Crippen molar-refractivity contribution >= 4 is 17.7 Å². The second-order valence-electron chi connectivity index (χ2n) is 7.48. The van der Waals surface area contributed by atoms with E-state index >= 15 is 0 Å². The number of imide groups is 1. The molecule has 3 amide bonds. The van der Waals surface area contributed by atoms with Gasteiger partial charge in [0.1, 0.15) is 0 Å². The molecule has 0 radical (unpaired) electrons. The topological polar surface area (TPSA) is 106 Å². The van der Waals surface area contributed by atoms with Crippen LogP contribution in [0.4, 0.5) is 0 Å². The molecule has 0 spiro atoms. The number of rotatable bonds is 5. The van der Waals surface area contributed by atoms with Crippen LogP contribution in [0, 0.1) is 5.92 Å². The molecule has 2 N–H and O–H groups in total. The largest absolute Gasteiger partial charge is 0.370 e. The summed E-state index contributed by atoms with van der Waals surface area (Å²) >= 11 is 0. The van der Waals surface area contributed by atoms with E-state index in [0.717, 1.165) is 37.7 Å². The minimum atomic E-state index is -0.836. The number of nitrogens with two attached hydrogens (primary N) is 1. The molecule has 144 valence electrons. The number of carbonyl (C=O) groups excluding carboxylic acids is 3. The first-order chi connectivity index (χ1) is 13.1. The molecule has 0 aromatic carbocycles. The van der Waals surface area contributed by atoms with E-state index < -0.39 is 24.0 Å². The third-order valence-corrected chi connectivity index (χ3v) is 5.77. The summed E-state index contributed by atoms with van der Waals surface area (Å²) in [7, 11) is 0. The molecule has 4 rings (SSSR count). The lowest BCUT2D eigenvalue weighted by Gasteiger charge is -2.32. The van der Waals surface area contributed by atoms with E-state index in [0.29, 0.717) is 0 Å². The molecule has 8 nitrogen and oxygen atoms in total. The van der Waals surface area contributed by atoms with E-state index in [1.807, 2.05) is 6.07 Å². The van der Waals surface area contributed by atoms with Gasteiger partial charge in [-0.15, -0.1) is 0 Å². The fraction of sp³-hybridized carbons (Fsp3) is 0.579. The monoisotopic (exact) mass is 372 g/mol. The van der Waals surface area contributed by atoms with Crippen LogP contribution in [0.15, 0.2) is 24.5 Å². The highest BCUT2D eigenvalue weighted by atomic mass is 16.7. The van der Waals surface area contributed by atoms with Gasteiger partial charge in [-0.1, -0.05) is 25.3 Å². The summed E-state index contributed by atoms with van der Waals surface area (Å²) < 4.78 is 0. The summed E-state index contributed by atoms with van der Waals surface area (Å²) in [5.41, 5.74) is 6.06. The Morgan fingerprint density at radius 3 is 2.67 bits per heavy atom. The van der Waals surface area contributed by atoms with Gasteiger partial charge in [-0.05, 0) is 24.5 Å². The number of primary amides is 1. The Morgan fingerprint density at radius 2 is 2.00 bits per heavy atom. The number of hydroxylamine groups is 2. The van der Waals surface area contributed by atoms with Crippen molar-refractivity contribution in [3.63, 3.8) is 0 Å². The molecular formula is C19H24N4O4. The number of likely N-dealkylation sites (tertiary alicyclic amines) is 1. The Hall–Kier alpha value is -2.32. The molecule has 0 bridgehead atoms. The quantitative estimate of drug-likeness (QED) is 0.771. The second kappa shape index (κ2) is 7.36. The molecule has 27 heavy (non-hydrogen) atoms. The van der Waals surface area contributed by atoms with Crippen LogP contribution >= 0.6 is 0 Å². The molecular weight excluding hydrogens is 348 g/mol. The molecule has 3 aliphatic rings. The number of hydrogen-bond acceptors (Lipinski definition) is 6. The van der Waals surface area contributed by atoms with Crippen LogP contribution in [0.1, 0.15) is 50.1 Å². The summed E-state index contributed by atoms with van der Waals surface area (Å²) in [6.45, 7) is 0.228. The highest BCUT2D eigenvalue weighted by Crippen LogP contribution is 2.45. The number of pyridine rings is 1. The number of fused-ring (bicyclic) bond motifs is 1. The number of aromatic nitrogens is 1. The van der Waals surface area contributed by atoms with E-state index in [1.54, 1.807) is 23.5 Å². The Balaban J connectivity index is 1.63. The van der Waals surface area contributed by atoms with Gasteiger partial charge >= 0.3 is 0 Å². The lowest BCUT2D eigenvalue weighted by molar-refractivity contribution is -0.181. The SMILES string of the molecule is NC(=O)CCN1OC2C(=O)N(C3CCCCC3)C(=O)C2C1c1cccnc1. The van der Waals surface area contributed by atoms with E-state index in [1.165, 1.54) is 4.90 Å². The van der Waals surface area contributed by atoms with Crippen LogP contribution in [0.2, 0.25) is 0 Å². The fourth-order valence-electron chi connectivity index (χ4n) is 4.53. The molecule has 3 heterocycles. The van der Waals surface area contributed by atoms with Crippen molar-refractivity contribution < 1.29 is 19.2 Å². The van der Waals surface area contributed by atoms with Gasteiger partial charge in [0.15, 0.2) is 6.10 Å². The molecule has 2 saturated heterocycles. The van der Waals surface area contributed by atoms with E-state index in [9.17, 15) is 14.4 Å². The third-order valence-electron chi connectivity index (χ3n) is 5.77. The Morgan fingerprint density at radius 1 is 1.22 bits per heavy atom. The zero-order valence-corrected chi connectivity index (χ0v) is 15.1. The Labute approximate surface area is 157 Å². The average molecular weight is 372 g/mol. The van der Waals surface area contributed by atoms with Crippen LogP contribution in [0.5, 0.6) is 0 Å². The van der Waals surface area contributed by atoms with Crippen molar-refractivity contribution in [2.75, 3.05) is 6.54 Å². The molecule has 3 fully saturated rings. The summed E-state index contributed by atoms with van der Waals surface area (Å²) in [4.78, 5) is 49.0. The average Bonchev–Trinajstić information content (AvgIpc) is 3.17. The van der Waals surface area contributed by atoms with Crippen molar-refractivity contribution in [3.05, 3.63) is 30.1 Å². The van der Waals surface area contributed by atoms with Crippen molar-refractivity contribution in [1.29, 1.82) is 0 Å². The van der Waals surface area contributed by atoms with E-state index in [-0.39, 0.29) is 30.8 Å². The Bertz CT molecular complexity index is 734. The normalized spacial score (nSPS) is 29.3. The van der Waals surface area contributed by atoms with E-state index in [4.69, 9.17) is 10.6 Å². The van der Waals surface area contributed by atoms with Gasteiger partial charge < -0.3 is 5.73 Å². The minimum Gasteiger partial charge on any atom is -0.370 e. The molecule has 3 unspecified atom stereocenters. The van der Waals surface area contributed by atoms with Crippen LogP contribution in [-0.2, 0) is 19.2 Å². The first kappa shape index (κ1) is 18.1. The van der Waals surface area contributed by atoms with Crippen molar-refractivity contribution in [2.24, 2.45) is 11.7 Å². The van der Waals surface area contributed by atoms with Crippen molar-refractivity contribution in [2.45, 2.75) is 56.7 Å². The number of nitrogens with zero attached hydrogens (tertiary/aromatic N) is 3. The summed E-state index contributed by atoms with van der Waals surface area (Å²) in [6.07, 6.45) is 7.52. The summed E-state index contributed by atoms with van der Waals surface area (Å²) in [6, 6.07) is 3.17. The maximum atomic E-state index is 13.3. The minimum absolute atomic E-state index is 0.0263. The number of amides is 3. The van der Waals surface area contributed by atoms with Gasteiger partial charge in [-0.2, -0.15) is 5.06 Å². The van der Waals surface area contributed by atoms with Gasteiger partial charge in [-0.3, -0.25) is 29.1 Å². The predicted octanol–water partition coefficient (Wildman–Crippen LogP) is 0.932. The van der Waals surface area contributed by atoms with Crippen LogP contribution in [0.25, 0.3) is 0 Å². The molecule has 1 aliphatic carbocycles.